The zero-order chi connectivity index (χ0) is 14.5. The second-order valence-corrected chi connectivity index (χ2v) is 5.69. The number of carbonyl (C=O) groups is 1. The van der Waals surface area contributed by atoms with E-state index < -0.39 is 0 Å². The van der Waals surface area contributed by atoms with Crippen LogP contribution in [0.1, 0.15) is 43.1 Å². The van der Waals surface area contributed by atoms with Gasteiger partial charge in [0.1, 0.15) is 0 Å². The van der Waals surface area contributed by atoms with E-state index in [9.17, 15) is 4.79 Å². The zero-order valence-corrected chi connectivity index (χ0v) is 13.1. The van der Waals surface area contributed by atoms with Gasteiger partial charge in [-0.15, -0.1) is 0 Å². The number of rotatable bonds is 6. The fourth-order valence-corrected chi connectivity index (χ4v) is 2.70. The SMILES string of the molecule is CC[C@@H](C)N(Cc1ccsc1)C(=O)c1cnn(CC)c1. The molecule has 0 aliphatic heterocycles. The van der Waals surface area contributed by atoms with Gasteiger partial charge < -0.3 is 4.90 Å². The van der Waals surface area contributed by atoms with Crippen LogP contribution in [0, 0.1) is 0 Å². The summed E-state index contributed by atoms with van der Waals surface area (Å²) < 4.78 is 1.78. The minimum atomic E-state index is 0.0604. The molecule has 0 aliphatic carbocycles. The lowest BCUT2D eigenvalue weighted by molar-refractivity contribution is 0.0671. The van der Waals surface area contributed by atoms with Crippen LogP contribution in [0.3, 0.4) is 0 Å². The maximum absolute atomic E-state index is 12.7. The monoisotopic (exact) mass is 291 g/mol. The van der Waals surface area contributed by atoms with E-state index in [2.05, 4.69) is 30.4 Å². The van der Waals surface area contributed by atoms with E-state index in [0.29, 0.717) is 12.1 Å². The van der Waals surface area contributed by atoms with Crippen molar-refractivity contribution in [2.75, 3.05) is 0 Å². The molecule has 20 heavy (non-hydrogen) atoms. The summed E-state index contributed by atoms with van der Waals surface area (Å²) in [7, 11) is 0. The molecule has 0 unspecified atom stereocenters. The molecule has 1 atom stereocenters. The van der Waals surface area contributed by atoms with E-state index in [0.717, 1.165) is 13.0 Å². The molecule has 0 bridgehead atoms. The average Bonchev–Trinajstić information content (AvgIpc) is 3.14. The minimum absolute atomic E-state index is 0.0604. The largest absolute Gasteiger partial charge is 0.331 e. The van der Waals surface area contributed by atoms with E-state index in [-0.39, 0.29) is 11.9 Å². The highest BCUT2D eigenvalue weighted by Crippen LogP contribution is 2.16. The predicted molar refractivity (Wildman–Crippen MR) is 81.8 cm³/mol. The topological polar surface area (TPSA) is 38.1 Å². The van der Waals surface area contributed by atoms with Gasteiger partial charge in [-0.05, 0) is 42.7 Å². The first-order chi connectivity index (χ1) is 9.65. The number of aryl methyl sites for hydroxylation is 1. The van der Waals surface area contributed by atoms with E-state index >= 15 is 0 Å². The lowest BCUT2D eigenvalue weighted by atomic mass is 10.1. The van der Waals surface area contributed by atoms with Crippen LogP contribution in [-0.4, -0.2) is 26.6 Å². The number of thiophene rings is 1. The Hall–Kier alpha value is -1.62. The maximum Gasteiger partial charge on any atom is 0.257 e. The third kappa shape index (κ3) is 3.28. The smallest absolute Gasteiger partial charge is 0.257 e. The van der Waals surface area contributed by atoms with Crippen molar-refractivity contribution in [2.24, 2.45) is 0 Å². The summed E-state index contributed by atoms with van der Waals surface area (Å²) in [4.78, 5) is 14.6. The van der Waals surface area contributed by atoms with Gasteiger partial charge in [-0.25, -0.2) is 0 Å². The van der Waals surface area contributed by atoms with Crippen molar-refractivity contribution in [3.05, 3.63) is 40.3 Å². The van der Waals surface area contributed by atoms with Crippen LogP contribution >= 0.6 is 11.3 Å². The van der Waals surface area contributed by atoms with Crippen LogP contribution in [0.15, 0.2) is 29.2 Å². The Morgan fingerprint density at radius 1 is 1.50 bits per heavy atom. The van der Waals surface area contributed by atoms with Crippen molar-refractivity contribution in [2.45, 2.75) is 46.3 Å². The summed E-state index contributed by atoms with van der Waals surface area (Å²) in [5, 5.41) is 8.33. The Morgan fingerprint density at radius 3 is 2.85 bits per heavy atom. The fraction of sp³-hybridized carbons (Fsp3) is 0.467. The van der Waals surface area contributed by atoms with Crippen LogP contribution in [0.5, 0.6) is 0 Å². The summed E-state index contributed by atoms with van der Waals surface area (Å²) >= 11 is 1.66. The molecule has 0 aromatic carbocycles. The van der Waals surface area contributed by atoms with E-state index in [1.807, 2.05) is 23.4 Å². The quantitative estimate of drug-likeness (QED) is 0.818. The van der Waals surface area contributed by atoms with E-state index in [1.54, 1.807) is 22.2 Å². The van der Waals surface area contributed by atoms with Gasteiger partial charge in [0.2, 0.25) is 0 Å². The van der Waals surface area contributed by atoms with Crippen LogP contribution in [0.25, 0.3) is 0 Å². The van der Waals surface area contributed by atoms with Crippen LogP contribution in [0.4, 0.5) is 0 Å². The molecule has 5 heteroatoms. The van der Waals surface area contributed by atoms with Crippen molar-refractivity contribution >= 4 is 17.2 Å². The Bertz CT molecular complexity index is 547. The van der Waals surface area contributed by atoms with Gasteiger partial charge in [-0.2, -0.15) is 16.4 Å². The summed E-state index contributed by atoms with van der Waals surface area (Å²) in [6, 6.07) is 2.29. The lowest BCUT2D eigenvalue weighted by Gasteiger charge is -2.28. The minimum Gasteiger partial charge on any atom is -0.331 e. The summed E-state index contributed by atoms with van der Waals surface area (Å²) in [6.07, 6.45) is 4.43. The first-order valence-corrected chi connectivity index (χ1v) is 7.94. The normalized spacial score (nSPS) is 12.3. The molecular weight excluding hydrogens is 270 g/mol. The van der Waals surface area contributed by atoms with Gasteiger partial charge in [-0.1, -0.05) is 6.92 Å². The Balaban J connectivity index is 2.19. The van der Waals surface area contributed by atoms with Gasteiger partial charge in [-0.3, -0.25) is 9.48 Å². The number of amides is 1. The molecular formula is C15H21N3OS. The number of carbonyl (C=O) groups excluding carboxylic acids is 1. The van der Waals surface area contributed by atoms with Crippen LogP contribution < -0.4 is 0 Å². The van der Waals surface area contributed by atoms with Crippen LogP contribution in [-0.2, 0) is 13.1 Å². The van der Waals surface area contributed by atoms with Crippen molar-refractivity contribution in [1.82, 2.24) is 14.7 Å². The Labute approximate surface area is 124 Å². The molecule has 2 heterocycles. The van der Waals surface area contributed by atoms with Crippen LogP contribution in [0.2, 0.25) is 0 Å². The molecule has 0 radical (unpaired) electrons. The molecule has 0 aliphatic rings. The first-order valence-electron chi connectivity index (χ1n) is 7.00. The Morgan fingerprint density at radius 2 is 2.30 bits per heavy atom. The first kappa shape index (κ1) is 14.8. The van der Waals surface area contributed by atoms with E-state index in [4.69, 9.17) is 0 Å². The number of nitrogens with zero attached hydrogens (tertiary/aromatic N) is 3. The van der Waals surface area contributed by atoms with Gasteiger partial charge in [0.05, 0.1) is 11.8 Å². The molecule has 4 nitrogen and oxygen atoms in total. The van der Waals surface area contributed by atoms with Gasteiger partial charge in [0.15, 0.2) is 0 Å². The van der Waals surface area contributed by atoms with Gasteiger partial charge in [0, 0.05) is 25.3 Å². The van der Waals surface area contributed by atoms with Crippen molar-refractivity contribution in [3.63, 3.8) is 0 Å². The van der Waals surface area contributed by atoms with Gasteiger partial charge >= 0.3 is 0 Å². The molecule has 0 spiro atoms. The molecule has 2 aromatic rings. The molecule has 0 fully saturated rings. The third-order valence-electron chi connectivity index (χ3n) is 3.52. The average molecular weight is 291 g/mol. The molecule has 108 valence electrons. The van der Waals surface area contributed by atoms with Gasteiger partial charge in [0.25, 0.3) is 5.91 Å². The molecule has 1 amide bonds. The maximum atomic E-state index is 12.7. The molecule has 0 saturated heterocycles. The highest BCUT2D eigenvalue weighted by Gasteiger charge is 2.22. The molecule has 2 rings (SSSR count). The highest BCUT2D eigenvalue weighted by atomic mass is 32.1. The number of hydrogen-bond acceptors (Lipinski definition) is 3. The number of hydrogen-bond donors (Lipinski definition) is 0. The third-order valence-corrected chi connectivity index (χ3v) is 4.25. The molecule has 0 saturated carbocycles. The van der Waals surface area contributed by atoms with Crippen molar-refractivity contribution in [1.29, 1.82) is 0 Å². The molecule has 2 aromatic heterocycles. The second-order valence-electron chi connectivity index (χ2n) is 4.91. The molecule has 0 N–H and O–H groups in total. The summed E-state index contributed by atoms with van der Waals surface area (Å²) in [5.74, 6) is 0.0604. The van der Waals surface area contributed by atoms with E-state index in [1.165, 1.54) is 5.56 Å². The summed E-state index contributed by atoms with van der Waals surface area (Å²) in [6.45, 7) is 7.65. The summed E-state index contributed by atoms with van der Waals surface area (Å²) in [5.41, 5.74) is 1.86. The Kier molecular flexibility index (Phi) is 4.95. The van der Waals surface area contributed by atoms with Crippen molar-refractivity contribution in [3.8, 4) is 0 Å². The van der Waals surface area contributed by atoms with Crippen molar-refractivity contribution < 1.29 is 4.79 Å². The fourth-order valence-electron chi connectivity index (χ4n) is 2.04. The second kappa shape index (κ2) is 6.70. The number of aromatic nitrogens is 2. The lowest BCUT2D eigenvalue weighted by Crippen LogP contribution is -2.37. The standard InChI is InChI=1S/C15H21N3OS/c1-4-12(3)18(9-13-6-7-20-11-13)15(19)14-8-16-17(5-2)10-14/h6-8,10-12H,4-5,9H2,1-3H3/t12-/m1/s1. The zero-order valence-electron chi connectivity index (χ0n) is 12.2. The highest BCUT2D eigenvalue weighted by molar-refractivity contribution is 7.07. The predicted octanol–water partition coefficient (Wildman–Crippen LogP) is 3.41.